The van der Waals surface area contributed by atoms with Gasteiger partial charge < -0.3 is 31.1 Å². The Morgan fingerprint density at radius 1 is 1.20 bits per heavy atom. The van der Waals surface area contributed by atoms with Crippen molar-refractivity contribution in [3.05, 3.63) is 35.9 Å². The Labute approximate surface area is 144 Å². The topological polar surface area (TPSA) is 159 Å². The zero-order chi connectivity index (χ0) is 18.8. The van der Waals surface area contributed by atoms with E-state index in [1.165, 1.54) is 0 Å². The molecule has 0 aliphatic rings. The maximum absolute atomic E-state index is 12.2. The Balaban J connectivity index is 2.77. The largest absolute Gasteiger partial charge is 0.481 e. The standard InChI is InChI=1S/C16H22N2O7/c17-12(7-14(21)22)15(23)18-13(6-10-4-2-1-3-5-10)16(24)25-9-11(20)8-19/h1-5,11-13,19-20H,6-9,17H2,(H,18,23)(H,21,22)/t11?,12-,13-/m0/s1. The Bertz CT molecular complexity index is 579. The van der Waals surface area contributed by atoms with E-state index >= 15 is 0 Å². The summed E-state index contributed by atoms with van der Waals surface area (Å²) in [5.74, 6) is -2.87. The van der Waals surface area contributed by atoms with E-state index in [0.29, 0.717) is 0 Å². The molecular weight excluding hydrogens is 332 g/mol. The summed E-state index contributed by atoms with van der Waals surface area (Å²) < 4.78 is 4.87. The fraction of sp³-hybridized carbons (Fsp3) is 0.438. The number of aliphatic hydroxyl groups is 2. The Kier molecular flexibility index (Phi) is 8.54. The fourth-order valence-corrected chi connectivity index (χ4v) is 1.93. The van der Waals surface area contributed by atoms with Gasteiger partial charge >= 0.3 is 11.9 Å². The number of hydrogen-bond donors (Lipinski definition) is 5. The fourth-order valence-electron chi connectivity index (χ4n) is 1.93. The number of carbonyl (C=O) groups is 3. The highest BCUT2D eigenvalue weighted by atomic mass is 16.5. The van der Waals surface area contributed by atoms with E-state index in [1.54, 1.807) is 30.3 Å². The molecule has 1 aromatic rings. The number of carboxylic acid groups (broad SMARTS) is 1. The van der Waals surface area contributed by atoms with Crippen LogP contribution in [0.25, 0.3) is 0 Å². The number of carbonyl (C=O) groups excluding carboxylic acids is 2. The molecule has 0 saturated heterocycles. The molecule has 0 heterocycles. The average molecular weight is 354 g/mol. The van der Waals surface area contributed by atoms with Gasteiger partial charge in [-0.25, -0.2) is 4.79 Å². The molecule has 0 fully saturated rings. The molecule has 25 heavy (non-hydrogen) atoms. The first-order valence-electron chi connectivity index (χ1n) is 7.60. The van der Waals surface area contributed by atoms with Crippen LogP contribution < -0.4 is 11.1 Å². The van der Waals surface area contributed by atoms with Gasteiger partial charge in [0.15, 0.2) is 0 Å². The van der Waals surface area contributed by atoms with Crippen molar-refractivity contribution >= 4 is 17.8 Å². The SMILES string of the molecule is N[C@@H](CC(=O)O)C(=O)N[C@@H](Cc1ccccc1)C(=O)OCC(O)CO. The highest BCUT2D eigenvalue weighted by Gasteiger charge is 2.26. The second-order valence-electron chi connectivity index (χ2n) is 5.42. The molecule has 0 aliphatic heterocycles. The lowest BCUT2D eigenvalue weighted by molar-refractivity contribution is -0.151. The molecule has 9 nitrogen and oxygen atoms in total. The van der Waals surface area contributed by atoms with Crippen LogP contribution in [0.2, 0.25) is 0 Å². The van der Waals surface area contributed by atoms with E-state index in [1.807, 2.05) is 0 Å². The van der Waals surface area contributed by atoms with Crippen LogP contribution in [-0.4, -0.2) is 64.6 Å². The van der Waals surface area contributed by atoms with Gasteiger partial charge in [0.2, 0.25) is 5.91 Å². The summed E-state index contributed by atoms with van der Waals surface area (Å²) in [6, 6.07) is 6.36. The van der Waals surface area contributed by atoms with Crippen LogP contribution in [-0.2, 0) is 25.5 Å². The van der Waals surface area contributed by atoms with Crippen molar-refractivity contribution in [1.29, 1.82) is 0 Å². The zero-order valence-corrected chi connectivity index (χ0v) is 13.5. The first-order valence-corrected chi connectivity index (χ1v) is 7.60. The van der Waals surface area contributed by atoms with E-state index in [4.69, 9.17) is 20.7 Å². The summed E-state index contributed by atoms with van der Waals surface area (Å²) in [5, 5.41) is 29.0. The lowest BCUT2D eigenvalue weighted by Crippen LogP contribution is -2.50. The minimum absolute atomic E-state index is 0.0976. The first kappa shape index (κ1) is 20.6. The van der Waals surface area contributed by atoms with E-state index in [-0.39, 0.29) is 6.42 Å². The summed E-state index contributed by atoms with van der Waals surface area (Å²) in [6.07, 6.45) is -1.71. The third kappa shape index (κ3) is 7.75. The number of amides is 1. The van der Waals surface area contributed by atoms with Crippen molar-refractivity contribution in [2.75, 3.05) is 13.2 Å². The number of esters is 1. The van der Waals surface area contributed by atoms with Crippen molar-refractivity contribution in [3.63, 3.8) is 0 Å². The number of ether oxygens (including phenoxy) is 1. The molecule has 0 spiro atoms. The lowest BCUT2D eigenvalue weighted by Gasteiger charge is -2.20. The van der Waals surface area contributed by atoms with Crippen LogP contribution in [0.5, 0.6) is 0 Å². The maximum atomic E-state index is 12.2. The van der Waals surface area contributed by atoms with Crippen molar-refractivity contribution in [2.24, 2.45) is 5.73 Å². The molecular formula is C16H22N2O7. The van der Waals surface area contributed by atoms with Crippen LogP contribution in [0, 0.1) is 0 Å². The number of rotatable bonds is 10. The van der Waals surface area contributed by atoms with Crippen LogP contribution in [0.15, 0.2) is 30.3 Å². The normalized spacial score (nSPS) is 14.2. The van der Waals surface area contributed by atoms with Gasteiger partial charge in [-0.2, -0.15) is 0 Å². The van der Waals surface area contributed by atoms with E-state index < -0.39 is 55.7 Å². The van der Waals surface area contributed by atoms with Crippen molar-refractivity contribution in [1.82, 2.24) is 5.32 Å². The smallest absolute Gasteiger partial charge is 0.329 e. The van der Waals surface area contributed by atoms with Crippen molar-refractivity contribution < 1.29 is 34.4 Å². The van der Waals surface area contributed by atoms with Gasteiger partial charge in [0.25, 0.3) is 0 Å². The first-order chi connectivity index (χ1) is 11.8. The van der Waals surface area contributed by atoms with E-state index in [0.717, 1.165) is 5.56 Å². The molecule has 1 unspecified atom stereocenters. The summed E-state index contributed by atoms with van der Waals surface area (Å²) in [6.45, 7) is -1.01. The molecule has 0 radical (unpaired) electrons. The minimum Gasteiger partial charge on any atom is -0.481 e. The summed E-state index contributed by atoms with van der Waals surface area (Å²) >= 11 is 0. The Morgan fingerprint density at radius 3 is 2.40 bits per heavy atom. The van der Waals surface area contributed by atoms with Gasteiger partial charge in [-0.3, -0.25) is 9.59 Å². The summed E-state index contributed by atoms with van der Waals surface area (Å²) in [4.78, 5) is 34.8. The number of nitrogens with two attached hydrogens (primary N) is 1. The number of hydrogen-bond acceptors (Lipinski definition) is 7. The van der Waals surface area contributed by atoms with Gasteiger partial charge in [-0.05, 0) is 5.56 Å². The number of aliphatic carboxylic acids is 1. The van der Waals surface area contributed by atoms with E-state index in [9.17, 15) is 19.5 Å². The summed E-state index contributed by atoms with van der Waals surface area (Å²) in [5.41, 5.74) is 6.22. The third-order valence-corrected chi connectivity index (χ3v) is 3.24. The number of benzene rings is 1. The zero-order valence-electron chi connectivity index (χ0n) is 13.5. The molecule has 1 aromatic carbocycles. The predicted molar refractivity (Wildman–Crippen MR) is 86.4 cm³/mol. The monoisotopic (exact) mass is 354 g/mol. The minimum atomic E-state index is -1.31. The molecule has 6 N–H and O–H groups in total. The quantitative estimate of drug-likeness (QED) is 0.315. The van der Waals surface area contributed by atoms with Crippen LogP contribution in [0.3, 0.4) is 0 Å². The van der Waals surface area contributed by atoms with Crippen molar-refractivity contribution in [2.45, 2.75) is 31.0 Å². The molecule has 0 saturated carbocycles. The molecule has 0 aliphatic carbocycles. The molecule has 0 aromatic heterocycles. The number of nitrogens with one attached hydrogen (secondary N) is 1. The van der Waals surface area contributed by atoms with Crippen LogP contribution in [0.4, 0.5) is 0 Å². The second-order valence-corrected chi connectivity index (χ2v) is 5.42. The Morgan fingerprint density at radius 2 is 1.84 bits per heavy atom. The molecule has 1 rings (SSSR count). The summed E-state index contributed by atoms with van der Waals surface area (Å²) in [7, 11) is 0. The second kappa shape index (κ2) is 10.4. The highest BCUT2D eigenvalue weighted by molar-refractivity contribution is 5.89. The van der Waals surface area contributed by atoms with Crippen molar-refractivity contribution in [3.8, 4) is 0 Å². The lowest BCUT2D eigenvalue weighted by atomic mass is 10.1. The highest BCUT2D eigenvalue weighted by Crippen LogP contribution is 2.06. The van der Waals surface area contributed by atoms with Gasteiger partial charge in [-0.1, -0.05) is 30.3 Å². The number of carboxylic acids is 1. The Hall–Kier alpha value is -2.49. The molecule has 1 amide bonds. The van der Waals surface area contributed by atoms with E-state index in [2.05, 4.69) is 5.32 Å². The van der Waals surface area contributed by atoms with Crippen LogP contribution >= 0.6 is 0 Å². The molecule has 3 atom stereocenters. The van der Waals surface area contributed by atoms with Gasteiger partial charge in [-0.15, -0.1) is 0 Å². The molecule has 138 valence electrons. The third-order valence-electron chi connectivity index (χ3n) is 3.24. The molecule has 9 heteroatoms. The molecule has 0 bridgehead atoms. The van der Waals surface area contributed by atoms with Crippen LogP contribution in [0.1, 0.15) is 12.0 Å². The average Bonchev–Trinajstić information content (AvgIpc) is 2.58. The van der Waals surface area contributed by atoms with Gasteiger partial charge in [0.05, 0.1) is 19.1 Å². The van der Waals surface area contributed by atoms with Gasteiger partial charge in [0.1, 0.15) is 18.8 Å². The number of aliphatic hydroxyl groups excluding tert-OH is 2. The predicted octanol–water partition coefficient (Wildman–Crippen LogP) is -1.59. The van der Waals surface area contributed by atoms with Gasteiger partial charge in [0, 0.05) is 6.42 Å². The maximum Gasteiger partial charge on any atom is 0.329 e.